The number of hydrogen-bond acceptors (Lipinski definition) is 3. The highest BCUT2D eigenvalue weighted by Gasteiger charge is 2.51. The lowest BCUT2D eigenvalue weighted by molar-refractivity contribution is -0.106. The molecule has 1 amide bonds. The largest absolute Gasteiger partial charge is 0.494 e. The maximum atomic E-state index is 8.58. The predicted molar refractivity (Wildman–Crippen MR) is 95.7 cm³/mol. The highest BCUT2D eigenvalue weighted by Crippen LogP contribution is 2.40. The zero-order chi connectivity index (χ0) is 17.7. The quantitative estimate of drug-likeness (QED) is 0.673. The maximum absolute atomic E-state index is 8.58. The molecule has 0 unspecified atom stereocenters. The number of carbonyl (C=O) groups is 1. The number of hydrogen-bond donors (Lipinski definition) is 1. The van der Waals surface area contributed by atoms with Gasteiger partial charge in [-0.25, -0.2) is 0 Å². The van der Waals surface area contributed by atoms with E-state index in [2.05, 4.69) is 57.7 Å². The van der Waals surface area contributed by atoms with Gasteiger partial charge in [0, 0.05) is 0 Å². The molecule has 4 nitrogen and oxygen atoms in total. The third-order valence-corrected chi connectivity index (χ3v) is 4.51. The fourth-order valence-corrected chi connectivity index (χ4v) is 2.32. The Hall–Kier alpha value is -1.33. The van der Waals surface area contributed by atoms with Gasteiger partial charge in [0.25, 0.3) is 0 Å². The van der Waals surface area contributed by atoms with E-state index in [-0.39, 0.29) is 24.7 Å². The number of primary amides is 1. The monoisotopic (exact) mass is 319 g/mol. The molecule has 0 atom stereocenters. The minimum atomic E-state index is -0.257. The Morgan fingerprint density at radius 1 is 1.04 bits per heavy atom. The van der Waals surface area contributed by atoms with Gasteiger partial charge in [0.05, 0.1) is 11.2 Å². The predicted octanol–water partition coefficient (Wildman–Crippen LogP) is 2.99. The van der Waals surface area contributed by atoms with Crippen molar-refractivity contribution in [1.82, 2.24) is 0 Å². The molecule has 2 aliphatic rings. The molecule has 3 rings (SSSR count). The second kappa shape index (κ2) is 7.98. The summed E-state index contributed by atoms with van der Waals surface area (Å²) in [7, 11) is -0.233. The van der Waals surface area contributed by atoms with E-state index in [1.807, 2.05) is 13.8 Å². The Morgan fingerprint density at radius 3 is 1.78 bits per heavy atom. The van der Waals surface area contributed by atoms with Crippen molar-refractivity contribution < 1.29 is 14.1 Å². The van der Waals surface area contributed by atoms with Gasteiger partial charge in [-0.2, -0.15) is 0 Å². The summed E-state index contributed by atoms with van der Waals surface area (Å²) in [6, 6.07) is 8.74. The van der Waals surface area contributed by atoms with Crippen LogP contribution in [0.2, 0.25) is 0 Å². The van der Waals surface area contributed by atoms with Gasteiger partial charge in [0.2, 0.25) is 6.41 Å². The molecule has 2 N–H and O–H groups in total. The summed E-state index contributed by atoms with van der Waals surface area (Å²) in [5.74, 6) is 0.803. The first-order valence-electron chi connectivity index (χ1n) is 8.41. The van der Waals surface area contributed by atoms with E-state index < -0.39 is 0 Å². The lowest BCUT2D eigenvalue weighted by atomic mass is 9.78. The number of carbonyl (C=O) groups excluding carboxylic acids is 1. The van der Waals surface area contributed by atoms with Crippen molar-refractivity contribution in [3.05, 3.63) is 29.8 Å². The highest BCUT2D eigenvalue weighted by molar-refractivity contribution is 6.62. The molecule has 1 aliphatic carbocycles. The van der Waals surface area contributed by atoms with Crippen molar-refractivity contribution in [2.45, 2.75) is 71.5 Å². The zero-order valence-electron chi connectivity index (χ0n) is 15.3. The molecule has 1 saturated carbocycles. The van der Waals surface area contributed by atoms with E-state index in [9.17, 15) is 0 Å². The van der Waals surface area contributed by atoms with Crippen LogP contribution < -0.4 is 11.2 Å². The van der Waals surface area contributed by atoms with Crippen LogP contribution in [0.4, 0.5) is 0 Å². The molecule has 0 spiro atoms. The molecular formula is C18H30BNO3. The summed E-state index contributed by atoms with van der Waals surface area (Å²) in [6.07, 6.45) is 2.94. The van der Waals surface area contributed by atoms with E-state index in [1.54, 1.807) is 0 Å². The van der Waals surface area contributed by atoms with Crippen LogP contribution in [0.5, 0.6) is 0 Å². The molecule has 1 aromatic rings. The molecule has 1 aromatic carbocycles. The Morgan fingerprint density at radius 2 is 1.43 bits per heavy atom. The van der Waals surface area contributed by atoms with Gasteiger partial charge < -0.3 is 15.0 Å². The first-order valence-corrected chi connectivity index (χ1v) is 8.41. The Kier molecular flexibility index (Phi) is 6.84. The topological polar surface area (TPSA) is 61.6 Å². The van der Waals surface area contributed by atoms with Crippen LogP contribution in [0.1, 0.15) is 65.9 Å². The van der Waals surface area contributed by atoms with E-state index in [0.29, 0.717) is 0 Å². The minimum absolute atomic E-state index is 0.233. The van der Waals surface area contributed by atoms with Gasteiger partial charge in [0.1, 0.15) is 0 Å². The average molecular weight is 319 g/mol. The van der Waals surface area contributed by atoms with Gasteiger partial charge in [-0.1, -0.05) is 38.1 Å². The van der Waals surface area contributed by atoms with E-state index >= 15 is 0 Å². The van der Waals surface area contributed by atoms with Gasteiger partial charge >= 0.3 is 7.12 Å². The third-order valence-electron chi connectivity index (χ3n) is 4.51. The Balaban J connectivity index is 0.000000477. The van der Waals surface area contributed by atoms with Crippen LogP contribution in [-0.4, -0.2) is 24.7 Å². The normalized spacial score (nSPS) is 20.7. The van der Waals surface area contributed by atoms with Crippen molar-refractivity contribution in [2.75, 3.05) is 0 Å². The van der Waals surface area contributed by atoms with Crippen LogP contribution in [0.15, 0.2) is 24.3 Å². The van der Waals surface area contributed by atoms with Gasteiger partial charge in [-0.15, -0.1) is 0 Å². The third kappa shape index (κ3) is 4.82. The van der Waals surface area contributed by atoms with Gasteiger partial charge in [-0.05, 0) is 57.5 Å². The Bertz CT molecular complexity index is 479. The van der Waals surface area contributed by atoms with Gasteiger partial charge in [-0.3, -0.25) is 4.79 Å². The second-order valence-electron chi connectivity index (χ2n) is 6.67. The molecule has 128 valence electrons. The molecule has 0 aromatic heterocycles. The van der Waals surface area contributed by atoms with Crippen molar-refractivity contribution in [3.63, 3.8) is 0 Å². The molecule has 2 fully saturated rings. The minimum Gasteiger partial charge on any atom is -0.399 e. The van der Waals surface area contributed by atoms with Crippen LogP contribution in [0.3, 0.4) is 0 Å². The molecule has 23 heavy (non-hydrogen) atoms. The van der Waals surface area contributed by atoms with Crippen molar-refractivity contribution in [3.8, 4) is 0 Å². The van der Waals surface area contributed by atoms with E-state index in [0.717, 1.165) is 11.4 Å². The fraction of sp³-hybridized carbons (Fsp3) is 0.611. The lowest BCUT2D eigenvalue weighted by Gasteiger charge is -2.32. The van der Waals surface area contributed by atoms with E-state index in [1.165, 1.54) is 18.4 Å². The van der Waals surface area contributed by atoms with Gasteiger partial charge in [0.15, 0.2) is 0 Å². The smallest absolute Gasteiger partial charge is 0.399 e. The summed E-state index contributed by atoms with van der Waals surface area (Å²) in [5, 5.41) is 0. The standard InChI is InChI=1S/C15H21BO2.C2H6.CH3NO/c1-14(2)15(3,4)18-16(17-14)13-9-7-12(8-10-13)11-5-6-11;1-2;2-1-3/h7-11H,5-6H2,1-4H3;1-2H3;1H,(H2,2,3). The first kappa shape index (κ1) is 19.7. The fourth-order valence-electron chi connectivity index (χ4n) is 2.32. The number of benzene rings is 1. The molecule has 5 heteroatoms. The first-order chi connectivity index (χ1) is 10.8. The van der Waals surface area contributed by atoms with Crippen LogP contribution in [-0.2, 0) is 14.1 Å². The number of amides is 1. The zero-order valence-corrected chi connectivity index (χ0v) is 15.3. The summed E-state index contributed by atoms with van der Waals surface area (Å²) >= 11 is 0. The SMILES string of the molecule is CC.CC1(C)OB(c2ccc(C3CC3)cc2)OC1(C)C.NC=O. The van der Waals surface area contributed by atoms with Crippen molar-refractivity contribution >= 4 is 19.0 Å². The molecule has 1 saturated heterocycles. The maximum Gasteiger partial charge on any atom is 0.494 e. The summed E-state index contributed by atoms with van der Waals surface area (Å²) < 4.78 is 12.1. The van der Waals surface area contributed by atoms with Crippen molar-refractivity contribution in [2.24, 2.45) is 5.73 Å². The molecule has 1 heterocycles. The average Bonchev–Trinajstić information content (AvgIpc) is 3.30. The number of rotatable bonds is 2. The molecule has 0 bridgehead atoms. The summed E-state index contributed by atoms with van der Waals surface area (Å²) in [5.41, 5.74) is 6.23. The lowest BCUT2D eigenvalue weighted by Crippen LogP contribution is -2.41. The molecule has 1 aliphatic heterocycles. The van der Waals surface area contributed by atoms with Crippen LogP contribution in [0.25, 0.3) is 0 Å². The molecular weight excluding hydrogens is 289 g/mol. The van der Waals surface area contributed by atoms with Crippen LogP contribution in [0, 0.1) is 0 Å². The van der Waals surface area contributed by atoms with Crippen molar-refractivity contribution in [1.29, 1.82) is 0 Å². The van der Waals surface area contributed by atoms with Crippen LogP contribution >= 0.6 is 0 Å². The van der Waals surface area contributed by atoms with E-state index in [4.69, 9.17) is 14.1 Å². The Labute approximate surface area is 140 Å². The summed E-state index contributed by atoms with van der Waals surface area (Å²) in [6.45, 7) is 12.4. The highest BCUT2D eigenvalue weighted by atomic mass is 16.7. The number of nitrogens with two attached hydrogens (primary N) is 1. The second-order valence-corrected chi connectivity index (χ2v) is 6.67. The molecule has 0 radical (unpaired) electrons. The summed E-state index contributed by atoms with van der Waals surface area (Å²) in [4.78, 5) is 8.58.